The van der Waals surface area contributed by atoms with Gasteiger partial charge in [-0.25, -0.2) is 0 Å². The van der Waals surface area contributed by atoms with Crippen molar-refractivity contribution in [3.8, 4) is 0 Å². The predicted molar refractivity (Wildman–Crippen MR) is 77.1 cm³/mol. The summed E-state index contributed by atoms with van der Waals surface area (Å²) < 4.78 is 1.04. The summed E-state index contributed by atoms with van der Waals surface area (Å²) in [6, 6.07) is 6.71. The summed E-state index contributed by atoms with van der Waals surface area (Å²) in [6.45, 7) is 1.64. The molecule has 0 aliphatic rings. The van der Waals surface area contributed by atoms with Crippen molar-refractivity contribution in [2.45, 2.75) is 19.4 Å². The molecule has 1 atom stereocenters. The number of anilines is 1. The van der Waals surface area contributed by atoms with Gasteiger partial charge in [0.25, 0.3) is 0 Å². The number of carbonyl (C=O) groups is 2. The third-order valence-electron chi connectivity index (χ3n) is 2.36. The third-order valence-corrected chi connectivity index (χ3v) is 3.08. The van der Waals surface area contributed by atoms with Crippen LogP contribution >= 0.6 is 22.6 Å². The van der Waals surface area contributed by atoms with Crippen molar-refractivity contribution in [1.82, 2.24) is 5.32 Å². The lowest BCUT2D eigenvalue weighted by molar-refractivity contribution is -0.136. The van der Waals surface area contributed by atoms with Crippen LogP contribution in [0.25, 0.3) is 0 Å². The van der Waals surface area contributed by atoms with Crippen molar-refractivity contribution in [3.05, 3.63) is 27.8 Å². The highest BCUT2D eigenvalue weighted by Gasteiger charge is 2.17. The molecule has 5 nitrogen and oxygen atoms in total. The van der Waals surface area contributed by atoms with E-state index in [1.54, 1.807) is 12.1 Å². The van der Waals surface area contributed by atoms with Gasteiger partial charge in [0.05, 0.1) is 12.6 Å². The molecule has 0 bridgehead atoms. The maximum atomic E-state index is 11.6. The molecule has 0 saturated heterocycles. The van der Waals surface area contributed by atoms with Crippen LogP contribution in [0.3, 0.4) is 0 Å². The zero-order chi connectivity index (χ0) is 13.5. The number of rotatable bonds is 4. The molecular formula is C12H15IN2O3. The van der Waals surface area contributed by atoms with Gasteiger partial charge in [0, 0.05) is 9.26 Å². The Kier molecular flexibility index (Phi) is 6.06. The number of nitrogens with one attached hydrogen (secondary N) is 2. The average molecular weight is 362 g/mol. The fraction of sp³-hybridized carbons (Fsp3) is 0.333. The van der Waals surface area contributed by atoms with Crippen molar-refractivity contribution in [3.63, 3.8) is 0 Å². The summed E-state index contributed by atoms with van der Waals surface area (Å²) in [4.78, 5) is 23.1. The lowest BCUT2D eigenvalue weighted by Crippen LogP contribution is -2.43. The molecule has 2 amide bonds. The highest BCUT2D eigenvalue weighted by Crippen LogP contribution is 2.10. The maximum Gasteiger partial charge on any atom is 0.313 e. The van der Waals surface area contributed by atoms with E-state index in [1.807, 2.05) is 19.1 Å². The number of aliphatic hydroxyl groups excluding tert-OH is 1. The Bertz CT molecular complexity index is 416. The monoisotopic (exact) mass is 362 g/mol. The van der Waals surface area contributed by atoms with E-state index in [0.717, 1.165) is 3.57 Å². The third kappa shape index (κ3) is 4.61. The van der Waals surface area contributed by atoms with Crippen LogP contribution in [-0.2, 0) is 9.59 Å². The van der Waals surface area contributed by atoms with Crippen molar-refractivity contribution >= 4 is 40.1 Å². The average Bonchev–Trinajstić information content (AvgIpc) is 2.38. The van der Waals surface area contributed by atoms with Crippen LogP contribution in [0.2, 0.25) is 0 Å². The van der Waals surface area contributed by atoms with Gasteiger partial charge in [-0.2, -0.15) is 0 Å². The van der Waals surface area contributed by atoms with E-state index in [9.17, 15) is 9.59 Å². The van der Waals surface area contributed by atoms with Gasteiger partial charge in [-0.05, 0) is 53.3 Å². The molecular weight excluding hydrogens is 347 g/mol. The molecule has 0 fully saturated rings. The topological polar surface area (TPSA) is 78.4 Å². The molecule has 98 valence electrons. The van der Waals surface area contributed by atoms with Crippen LogP contribution in [0, 0.1) is 3.57 Å². The molecule has 3 N–H and O–H groups in total. The molecule has 0 saturated carbocycles. The van der Waals surface area contributed by atoms with Crippen LogP contribution in [0.1, 0.15) is 13.3 Å². The summed E-state index contributed by atoms with van der Waals surface area (Å²) in [5, 5.41) is 13.9. The standard InChI is InChI=1S/C12H15IN2O3/c1-2-9(7-16)14-11(17)12(18)15-10-5-3-8(13)4-6-10/h3-6,9,16H,2,7H2,1H3,(H,14,17)(H,15,18). The lowest BCUT2D eigenvalue weighted by Gasteiger charge is -2.13. The SMILES string of the molecule is CCC(CO)NC(=O)C(=O)Nc1ccc(I)cc1. The van der Waals surface area contributed by atoms with E-state index in [4.69, 9.17) is 5.11 Å². The molecule has 1 unspecified atom stereocenters. The Hall–Kier alpha value is -1.15. The van der Waals surface area contributed by atoms with Gasteiger partial charge in [0.15, 0.2) is 0 Å². The summed E-state index contributed by atoms with van der Waals surface area (Å²) in [7, 11) is 0. The Morgan fingerprint density at radius 2 is 1.89 bits per heavy atom. The first-order valence-electron chi connectivity index (χ1n) is 5.55. The molecule has 0 radical (unpaired) electrons. The van der Waals surface area contributed by atoms with Gasteiger partial charge < -0.3 is 15.7 Å². The first kappa shape index (κ1) is 14.9. The Morgan fingerprint density at radius 1 is 1.28 bits per heavy atom. The molecule has 1 aromatic carbocycles. The number of aliphatic hydroxyl groups is 1. The molecule has 1 aromatic rings. The molecule has 0 aliphatic heterocycles. The fourth-order valence-electron chi connectivity index (χ4n) is 1.25. The number of amides is 2. The van der Waals surface area contributed by atoms with Crippen molar-refractivity contribution in [2.75, 3.05) is 11.9 Å². The fourth-order valence-corrected chi connectivity index (χ4v) is 1.61. The minimum atomic E-state index is -0.741. The number of halogens is 1. The van der Waals surface area contributed by atoms with Crippen LogP contribution in [-0.4, -0.2) is 29.6 Å². The van der Waals surface area contributed by atoms with Crippen LogP contribution in [0.4, 0.5) is 5.69 Å². The molecule has 6 heteroatoms. The van der Waals surface area contributed by atoms with E-state index in [-0.39, 0.29) is 12.6 Å². The number of hydrogen-bond acceptors (Lipinski definition) is 3. The summed E-state index contributed by atoms with van der Waals surface area (Å²) in [5.74, 6) is -1.47. The smallest absolute Gasteiger partial charge is 0.313 e. The van der Waals surface area contributed by atoms with Gasteiger partial charge in [-0.1, -0.05) is 6.92 Å². The largest absolute Gasteiger partial charge is 0.394 e. The van der Waals surface area contributed by atoms with Gasteiger partial charge in [-0.3, -0.25) is 9.59 Å². The van der Waals surface area contributed by atoms with Gasteiger partial charge in [0.1, 0.15) is 0 Å². The van der Waals surface area contributed by atoms with Gasteiger partial charge in [0.2, 0.25) is 0 Å². The zero-order valence-corrected chi connectivity index (χ0v) is 12.1. The summed E-state index contributed by atoms with van der Waals surface area (Å²) in [6.07, 6.45) is 0.569. The van der Waals surface area contributed by atoms with Gasteiger partial charge in [-0.15, -0.1) is 0 Å². The first-order chi connectivity index (χ1) is 8.56. The molecule has 1 rings (SSSR count). The van der Waals surface area contributed by atoms with Crippen molar-refractivity contribution < 1.29 is 14.7 Å². The van der Waals surface area contributed by atoms with Gasteiger partial charge >= 0.3 is 11.8 Å². The van der Waals surface area contributed by atoms with E-state index < -0.39 is 11.8 Å². The number of carbonyl (C=O) groups excluding carboxylic acids is 2. The second-order valence-electron chi connectivity index (χ2n) is 3.72. The van der Waals surface area contributed by atoms with E-state index in [2.05, 4.69) is 33.2 Å². The normalized spacial score (nSPS) is 11.7. The number of benzene rings is 1. The second-order valence-corrected chi connectivity index (χ2v) is 4.97. The molecule has 0 aliphatic carbocycles. The highest BCUT2D eigenvalue weighted by atomic mass is 127. The minimum Gasteiger partial charge on any atom is -0.394 e. The quantitative estimate of drug-likeness (QED) is 0.555. The van der Waals surface area contributed by atoms with E-state index >= 15 is 0 Å². The maximum absolute atomic E-state index is 11.6. The lowest BCUT2D eigenvalue weighted by atomic mass is 10.2. The predicted octanol–water partition coefficient (Wildman–Crippen LogP) is 1.12. The second kappa shape index (κ2) is 7.32. The Morgan fingerprint density at radius 3 is 2.39 bits per heavy atom. The molecule has 0 aromatic heterocycles. The van der Waals surface area contributed by atoms with Crippen LogP contribution < -0.4 is 10.6 Å². The van der Waals surface area contributed by atoms with Crippen LogP contribution in [0.5, 0.6) is 0 Å². The summed E-state index contributed by atoms with van der Waals surface area (Å²) in [5.41, 5.74) is 0.563. The van der Waals surface area contributed by atoms with E-state index in [0.29, 0.717) is 12.1 Å². The molecule has 18 heavy (non-hydrogen) atoms. The van der Waals surface area contributed by atoms with Crippen molar-refractivity contribution in [2.24, 2.45) is 0 Å². The van der Waals surface area contributed by atoms with E-state index in [1.165, 1.54) is 0 Å². The Balaban J connectivity index is 2.54. The zero-order valence-electron chi connectivity index (χ0n) is 9.94. The van der Waals surface area contributed by atoms with Crippen molar-refractivity contribution in [1.29, 1.82) is 0 Å². The highest BCUT2D eigenvalue weighted by molar-refractivity contribution is 14.1. The molecule has 0 heterocycles. The minimum absolute atomic E-state index is 0.181. The molecule has 0 spiro atoms. The van der Waals surface area contributed by atoms with Crippen LogP contribution in [0.15, 0.2) is 24.3 Å². The summed E-state index contributed by atoms with van der Waals surface area (Å²) >= 11 is 2.15. The number of hydrogen-bond donors (Lipinski definition) is 3. The first-order valence-corrected chi connectivity index (χ1v) is 6.63. The Labute approximate surface area is 119 Å².